The number of aryl methyl sites for hydroxylation is 1. The Kier molecular flexibility index (Phi) is 4.72. The summed E-state index contributed by atoms with van der Waals surface area (Å²) in [5.41, 5.74) is 9.48. The van der Waals surface area contributed by atoms with Crippen molar-refractivity contribution >= 4 is 11.2 Å². The molecule has 0 atom stereocenters. The fourth-order valence-electron chi connectivity index (χ4n) is 4.65. The van der Waals surface area contributed by atoms with Gasteiger partial charge in [0.2, 0.25) is 0 Å². The SMILES string of the molecule is c1ccc(Cn2cnc3c(-c4nc(-c5ccccc5)cc5c4CCCC5)ncnc32)cc1. The Morgan fingerprint density at radius 1 is 0.781 bits per heavy atom. The lowest BCUT2D eigenvalue weighted by Crippen LogP contribution is -2.08. The lowest BCUT2D eigenvalue weighted by Gasteiger charge is -2.20. The van der Waals surface area contributed by atoms with Crippen molar-refractivity contribution < 1.29 is 0 Å². The number of hydrogen-bond acceptors (Lipinski definition) is 4. The molecule has 6 rings (SSSR count). The molecule has 1 aliphatic carbocycles. The van der Waals surface area contributed by atoms with Crippen LogP contribution >= 0.6 is 0 Å². The molecule has 0 spiro atoms. The maximum atomic E-state index is 5.13. The van der Waals surface area contributed by atoms with Crippen LogP contribution in [0.4, 0.5) is 0 Å². The van der Waals surface area contributed by atoms with Crippen LogP contribution in [0.5, 0.6) is 0 Å². The number of hydrogen-bond donors (Lipinski definition) is 0. The number of pyridine rings is 1. The van der Waals surface area contributed by atoms with Crippen LogP contribution < -0.4 is 0 Å². The first kappa shape index (κ1) is 18.9. The highest BCUT2D eigenvalue weighted by Crippen LogP contribution is 2.35. The number of rotatable bonds is 4. The molecule has 5 aromatic rings. The summed E-state index contributed by atoms with van der Waals surface area (Å²) in [6.45, 7) is 0.726. The topological polar surface area (TPSA) is 56.5 Å². The second-order valence-electron chi connectivity index (χ2n) is 8.32. The molecule has 5 heteroatoms. The Morgan fingerprint density at radius 2 is 1.56 bits per heavy atom. The van der Waals surface area contributed by atoms with Crippen molar-refractivity contribution in [3.05, 3.63) is 96.1 Å². The first-order valence-electron chi connectivity index (χ1n) is 11.2. The van der Waals surface area contributed by atoms with Gasteiger partial charge in [0.15, 0.2) is 5.65 Å². The van der Waals surface area contributed by atoms with Crippen molar-refractivity contribution in [3.8, 4) is 22.6 Å². The van der Waals surface area contributed by atoms with E-state index in [1.807, 2.05) is 18.5 Å². The van der Waals surface area contributed by atoms with Crippen molar-refractivity contribution in [1.82, 2.24) is 24.5 Å². The summed E-state index contributed by atoms with van der Waals surface area (Å²) in [6, 6.07) is 23.0. The normalized spacial score (nSPS) is 13.2. The third kappa shape index (κ3) is 3.36. The van der Waals surface area contributed by atoms with Gasteiger partial charge in [0.1, 0.15) is 17.5 Å². The summed E-state index contributed by atoms with van der Waals surface area (Å²) in [6.07, 6.45) is 8.03. The Balaban J connectivity index is 1.51. The van der Waals surface area contributed by atoms with Gasteiger partial charge in [0.25, 0.3) is 0 Å². The number of nitrogens with zero attached hydrogens (tertiary/aromatic N) is 5. The van der Waals surface area contributed by atoms with Crippen molar-refractivity contribution in [2.24, 2.45) is 0 Å². The molecular weight excluding hydrogens is 394 g/mol. The first-order chi connectivity index (χ1) is 15.9. The van der Waals surface area contributed by atoms with Gasteiger partial charge in [0.05, 0.1) is 24.3 Å². The minimum atomic E-state index is 0.726. The molecule has 0 saturated heterocycles. The predicted molar refractivity (Wildman–Crippen MR) is 126 cm³/mol. The van der Waals surface area contributed by atoms with Crippen LogP contribution in [0.25, 0.3) is 33.8 Å². The molecule has 0 amide bonds. The molecule has 1 aliphatic rings. The van der Waals surface area contributed by atoms with Crippen LogP contribution in [0.1, 0.15) is 29.5 Å². The molecule has 3 aromatic heterocycles. The van der Waals surface area contributed by atoms with Gasteiger partial charge in [-0.15, -0.1) is 0 Å². The Morgan fingerprint density at radius 3 is 2.41 bits per heavy atom. The lowest BCUT2D eigenvalue weighted by molar-refractivity contribution is 0.684. The van der Waals surface area contributed by atoms with Crippen LogP contribution in [-0.2, 0) is 19.4 Å². The highest BCUT2D eigenvalue weighted by molar-refractivity contribution is 5.88. The summed E-state index contributed by atoms with van der Waals surface area (Å²) in [5, 5.41) is 0. The zero-order valence-electron chi connectivity index (χ0n) is 17.8. The number of fused-ring (bicyclic) bond motifs is 2. The molecule has 0 saturated carbocycles. The van der Waals surface area contributed by atoms with E-state index >= 15 is 0 Å². The second-order valence-corrected chi connectivity index (χ2v) is 8.32. The van der Waals surface area contributed by atoms with Crippen molar-refractivity contribution in [2.75, 3.05) is 0 Å². The molecule has 156 valence electrons. The summed E-state index contributed by atoms with van der Waals surface area (Å²) in [5.74, 6) is 0. The fourth-order valence-corrected chi connectivity index (χ4v) is 4.65. The van der Waals surface area contributed by atoms with E-state index in [2.05, 4.69) is 64.1 Å². The highest BCUT2D eigenvalue weighted by Gasteiger charge is 2.22. The molecule has 0 aliphatic heterocycles. The predicted octanol–water partition coefficient (Wildman–Crippen LogP) is 5.48. The monoisotopic (exact) mass is 417 g/mol. The summed E-state index contributed by atoms with van der Waals surface area (Å²) >= 11 is 0. The van der Waals surface area contributed by atoms with Gasteiger partial charge in [-0.25, -0.2) is 19.9 Å². The fraction of sp³-hybridized carbons (Fsp3) is 0.185. The molecule has 3 heterocycles. The van der Waals surface area contributed by atoms with Crippen LogP contribution in [-0.4, -0.2) is 24.5 Å². The number of benzene rings is 2. The third-order valence-corrected chi connectivity index (χ3v) is 6.23. The van der Waals surface area contributed by atoms with Gasteiger partial charge in [-0.3, -0.25) is 0 Å². The van der Waals surface area contributed by atoms with Crippen molar-refractivity contribution in [1.29, 1.82) is 0 Å². The Hall–Kier alpha value is -3.86. The van der Waals surface area contributed by atoms with E-state index in [-0.39, 0.29) is 0 Å². The quantitative estimate of drug-likeness (QED) is 0.388. The summed E-state index contributed by atoms with van der Waals surface area (Å²) in [7, 11) is 0. The van der Waals surface area contributed by atoms with Gasteiger partial charge >= 0.3 is 0 Å². The largest absolute Gasteiger partial charge is 0.311 e. The van der Waals surface area contributed by atoms with Gasteiger partial charge in [-0.2, -0.15) is 0 Å². The van der Waals surface area contributed by atoms with Gasteiger partial charge < -0.3 is 4.57 Å². The minimum Gasteiger partial charge on any atom is -0.311 e. The molecule has 5 nitrogen and oxygen atoms in total. The molecule has 0 bridgehead atoms. The van der Waals surface area contributed by atoms with E-state index in [9.17, 15) is 0 Å². The molecule has 0 unspecified atom stereocenters. The maximum Gasteiger partial charge on any atom is 0.164 e. The van der Waals surface area contributed by atoms with Crippen molar-refractivity contribution in [3.63, 3.8) is 0 Å². The smallest absolute Gasteiger partial charge is 0.164 e. The molecular formula is C27H23N5. The van der Waals surface area contributed by atoms with E-state index < -0.39 is 0 Å². The zero-order chi connectivity index (χ0) is 21.3. The van der Waals surface area contributed by atoms with E-state index in [0.717, 1.165) is 53.2 Å². The average Bonchev–Trinajstić information content (AvgIpc) is 3.27. The van der Waals surface area contributed by atoms with Crippen LogP contribution in [0.3, 0.4) is 0 Å². The van der Waals surface area contributed by atoms with E-state index in [4.69, 9.17) is 15.0 Å². The minimum absolute atomic E-state index is 0.726. The van der Waals surface area contributed by atoms with Crippen LogP contribution in [0.2, 0.25) is 0 Å². The van der Waals surface area contributed by atoms with Crippen molar-refractivity contribution in [2.45, 2.75) is 32.2 Å². The van der Waals surface area contributed by atoms with E-state index in [1.165, 1.54) is 29.5 Å². The second kappa shape index (κ2) is 8.00. The molecule has 0 radical (unpaired) electrons. The standard InChI is InChI=1S/C27H23N5/c1-3-9-19(10-4-1)16-32-18-30-26-25(28-17-29-27(26)32)24-22-14-8-7-13-21(22)15-23(31-24)20-11-5-2-6-12-20/h1-6,9-12,15,17-18H,7-8,13-14,16H2. The maximum absolute atomic E-state index is 5.13. The molecule has 32 heavy (non-hydrogen) atoms. The van der Waals surface area contributed by atoms with Gasteiger partial charge in [-0.1, -0.05) is 60.7 Å². The van der Waals surface area contributed by atoms with Gasteiger partial charge in [-0.05, 0) is 48.4 Å². The van der Waals surface area contributed by atoms with E-state index in [0.29, 0.717) is 0 Å². The van der Waals surface area contributed by atoms with Gasteiger partial charge in [0, 0.05) is 5.56 Å². The Labute approximate surface area is 186 Å². The average molecular weight is 418 g/mol. The number of aromatic nitrogens is 5. The number of imidazole rings is 1. The summed E-state index contributed by atoms with van der Waals surface area (Å²) < 4.78 is 2.09. The van der Waals surface area contributed by atoms with Crippen LogP contribution in [0.15, 0.2) is 79.4 Å². The zero-order valence-corrected chi connectivity index (χ0v) is 17.8. The van der Waals surface area contributed by atoms with Crippen LogP contribution in [0, 0.1) is 0 Å². The lowest BCUT2D eigenvalue weighted by atomic mass is 9.88. The third-order valence-electron chi connectivity index (χ3n) is 6.23. The molecule has 2 aromatic carbocycles. The Bertz CT molecular complexity index is 1390. The first-order valence-corrected chi connectivity index (χ1v) is 11.2. The summed E-state index contributed by atoms with van der Waals surface area (Å²) in [4.78, 5) is 19.1. The van der Waals surface area contributed by atoms with E-state index in [1.54, 1.807) is 6.33 Å². The molecule has 0 fully saturated rings. The highest BCUT2D eigenvalue weighted by atomic mass is 15.1. The molecule has 0 N–H and O–H groups in total.